The number of nitrogens with zero attached hydrogens (tertiary/aromatic N) is 1. The summed E-state index contributed by atoms with van der Waals surface area (Å²) in [6.07, 6.45) is 1.17. The summed E-state index contributed by atoms with van der Waals surface area (Å²) in [6, 6.07) is 13.7. The average Bonchev–Trinajstić information content (AvgIpc) is 3.03. The van der Waals surface area contributed by atoms with Gasteiger partial charge in [0.25, 0.3) is 0 Å². The maximum absolute atomic E-state index is 11.4. The Labute approximate surface area is 153 Å². The van der Waals surface area contributed by atoms with Gasteiger partial charge in [-0.15, -0.1) is 0 Å². The van der Waals surface area contributed by atoms with Crippen molar-refractivity contribution in [2.75, 3.05) is 19.9 Å². The molecule has 138 valence electrons. The van der Waals surface area contributed by atoms with Gasteiger partial charge >= 0.3 is 0 Å². The lowest BCUT2D eigenvalue weighted by Gasteiger charge is -2.25. The molecule has 1 aromatic heterocycles. The van der Waals surface area contributed by atoms with Crippen LogP contribution in [-0.2, 0) is 15.4 Å². The second-order valence-corrected chi connectivity index (χ2v) is 8.86. The Morgan fingerprint density at radius 2 is 1.85 bits per heavy atom. The number of aromatic nitrogens is 2. The van der Waals surface area contributed by atoms with Gasteiger partial charge in [0.05, 0.1) is 24.4 Å². The number of nitrogens with one attached hydrogen (secondary N) is 2. The molecule has 0 saturated carbocycles. The van der Waals surface area contributed by atoms with Crippen LogP contribution in [0.5, 0.6) is 5.75 Å². The van der Waals surface area contributed by atoms with Gasteiger partial charge in [0.2, 0.25) is 10.0 Å². The van der Waals surface area contributed by atoms with E-state index >= 15 is 0 Å². The van der Waals surface area contributed by atoms with Crippen LogP contribution in [0.1, 0.15) is 19.4 Å². The molecular weight excluding hydrogens is 350 g/mol. The van der Waals surface area contributed by atoms with Crippen molar-refractivity contribution in [3.05, 3.63) is 48.0 Å². The highest BCUT2D eigenvalue weighted by atomic mass is 32.2. The minimum Gasteiger partial charge on any atom is -0.497 e. The van der Waals surface area contributed by atoms with E-state index in [1.54, 1.807) is 7.11 Å². The average molecular weight is 373 g/mol. The third kappa shape index (κ3) is 4.05. The molecule has 3 rings (SSSR count). The number of sulfonamides is 1. The quantitative estimate of drug-likeness (QED) is 0.695. The maximum Gasteiger partial charge on any atom is 0.208 e. The number of aromatic amines is 1. The molecule has 0 unspecified atom stereocenters. The number of H-pyrrole nitrogens is 1. The summed E-state index contributed by atoms with van der Waals surface area (Å²) in [6.45, 7) is 4.34. The van der Waals surface area contributed by atoms with E-state index < -0.39 is 10.0 Å². The van der Waals surface area contributed by atoms with Gasteiger partial charge in [0.1, 0.15) is 11.6 Å². The summed E-state index contributed by atoms with van der Waals surface area (Å²) >= 11 is 0. The van der Waals surface area contributed by atoms with E-state index in [1.807, 2.05) is 56.3 Å². The van der Waals surface area contributed by atoms with Crippen LogP contribution in [0.4, 0.5) is 0 Å². The molecule has 7 heteroatoms. The Hall–Kier alpha value is -2.38. The Kier molecular flexibility index (Phi) is 4.77. The molecule has 0 fully saturated rings. The van der Waals surface area contributed by atoms with Crippen molar-refractivity contribution in [1.29, 1.82) is 0 Å². The standard InChI is InChI=1S/C19H23N3O3S/c1-19(2,12-20-26(4,23)24)14-7-10-16-17(11-14)22-18(21-16)13-5-8-15(25-3)9-6-13/h5-11,20H,12H2,1-4H3,(H,21,22). The van der Waals surface area contributed by atoms with Gasteiger partial charge < -0.3 is 9.72 Å². The molecule has 0 atom stereocenters. The van der Waals surface area contributed by atoms with Crippen molar-refractivity contribution in [3.8, 4) is 17.1 Å². The van der Waals surface area contributed by atoms with Crippen LogP contribution in [0.25, 0.3) is 22.4 Å². The molecule has 0 bridgehead atoms. The second kappa shape index (κ2) is 6.74. The van der Waals surface area contributed by atoms with Crippen LogP contribution in [0, 0.1) is 0 Å². The van der Waals surface area contributed by atoms with E-state index in [0.29, 0.717) is 6.54 Å². The summed E-state index contributed by atoms with van der Waals surface area (Å²) in [4.78, 5) is 7.98. The van der Waals surface area contributed by atoms with E-state index in [-0.39, 0.29) is 5.41 Å². The minimum absolute atomic E-state index is 0.330. The minimum atomic E-state index is -3.23. The molecule has 0 aliphatic heterocycles. The molecular formula is C19H23N3O3S. The van der Waals surface area contributed by atoms with Crippen LogP contribution in [-0.4, -0.2) is 38.3 Å². The van der Waals surface area contributed by atoms with Gasteiger partial charge in [-0.3, -0.25) is 0 Å². The zero-order valence-corrected chi connectivity index (χ0v) is 16.1. The van der Waals surface area contributed by atoms with Gasteiger partial charge in [-0.05, 0) is 42.0 Å². The molecule has 0 radical (unpaired) electrons. The molecule has 2 N–H and O–H groups in total. The smallest absolute Gasteiger partial charge is 0.208 e. The SMILES string of the molecule is COc1ccc(-c2nc3ccc(C(C)(C)CNS(C)(=O)=O)cc3[nH]2)cc1. The van der Waals surface area contributed by atoms with E-state index in [0.717, 1.165) is 33.7 Å². The number of benzene rings is 2. The second-order valence-electron chi connectivity index (χ2n) is 7.02. The molecule has 2 aromatic carbocycles. The molecule has 0 aliphatic carbocycles. The first kappa shape index (κ1) is 18.4. The highest BCUT2D eigenvalue weighted by Gasteiger charge is 2.23. The highest BCUT2D eigenvalue weighted by Crippen LogP contribution is 2.28. The molecule has 0 saturated heterocycles. The largest absolute Gasteiger partial charge is 0.497 e. The fourth-order valence-corrected chi connectivity index (χ4v) is 3.35. The van der Waals surface area contributed by atoms with Crippen LogP contribution >= 0.6 is 0 Å². The van der Waals surface area contributed by atoms with Gasteiger partial charge in [-0.25, -0.2) is 18.1 Å². The molecule has 1 heterocycles. The van der Waals surface area contributed by atoms with E-state index in [9.17, 15) is 8.42 Å². The number of hydrogen-bond donors (Lipinski definition) is 2. The van der Waals surface area contributed by atoms with Crippen LogP contribution in [0.3, 0.4) is 0 Å². The van der Waals surface area contributed by atoms with Gasteiger partial charge in [-0.1, -0.05) is 19.9 Å². The fourth-order valence-electron chi connectivity index (χ4n) is 2.73. The molecule has 0 aliphatic rings. The van der Waals surface area contributed by atoms with Crippen molar-refractivity contribution in [2.24, 2.45) is 0 Å². The molecule has 3 aromatic rings. The van der Waals surface area contributed by atoms with Crippen molar-refractivity contribution < 1.29 is 13.2 Å². The number of fused-ring (bicyclic) bond motifs is 1. The van der Waals surface area contributed by atoms with E-state index in [4.69, 9.17) is 4.74 Å². The Morgan fingerprint density at radius 3 is 2.46 bits per heavy atom. The number of imidazole rings is 1. The summed E-state index contributed by atoms with van der Waals surface area (Å²) in [7, 11) is -1.59. The lowest BCUT2D eigenvalue weighted by Crippen LogP contribution is -2.36. The van der Waals surface area contributed by atoms with Gasteiger partial charge in [0, 0.05) is 17.5 Å². The lowest BCUT2D eigenvalue weighted by atomic mass is 9.85. The first-order valence-electron chi connectivity index (χ1n) is 8.27. The van der Waals surface area contributed by atoms with Crippen molar-refractivity contribution in [2.45, 2.75) is 19.3 Å². The normalized spacial score (nSPS) is 12.5. The van der Waals surface area contributed by atoms with Crippen molar-refractivity contribution >= 4 is 21.1 Å². The Bertz CT molecular complexity index is 1020. The monoisotopic (exact) mass is 373 g/mol. The predicted octanol–water partition coefficient (Wildman–Crippen LogP) is 3.07. The molecule has 0 amide bonds. The van der Waals surface area contributed by atoms with Gasteiger partial charge in [0.15, 0.2) is 0 Å². The topological polar surface area (TPSA) is 84.1 Å². The third-order valence-electron chi connectivity index (χ3n) is 4.40. The Morgan fingerprint density at radius 1 is 1.15 bits per heavy atom. The van der Waals surface area contributed by atoms with Crippen LogP contribution in [0.2, 0.25) is 0 Å². The number of hydrogen-bond acceptors (Lipinski definition) is 4. The van der Waals surface area contributed by atoms with Gasteiger partial charge in [-0.2, -0.15) is 0 Å². The Balaban J connectivity index is 1.91. The number of rotatable bonds is 6. The summed E-state index contributed by atoms with van der Waals surface area (Å²) in [5.41, 5.74) is 3.45. The number of ether oxygens (including phenoxy) is 1. The maximum atomic E-state index is 11.4. The zero-order valence-electron chi connectivity index (χ0n) is 15.3. The van der Waals surface area contributed by atoms with E-state index in [1.165, 1.54) is 6.26 Å². The highest BCUT2D eigenvalue weighted by molar-refractivity contribution is 7.88. The molecule has 26 heavy (non-hydrogen) atoms. The molecule has 6 nitrogen and oxygen atoms in total. The fraction of sp³-hybridized carbons (Fsp3) is 0.316. The zero-order chi connectivity index (χ0) is 18.9. The summed E-state index contributed by atoms with van der Waals surface area (Å²) in [5, 5.41) is 0. The van der Waals surface area contributed by atoms with Crippen LogP contribution in [0.15, 0.2) is 42.5 Å². The summed E-state index contributed by atoms with van der Waals surface area (Å²) < 4.78 is 30.6. The van der Waals surface area contributed by atoms with Crippen molar-refractivity contribution in [3.63, 3.8) is 0 Å². The van der Waals surface area contributed by atoms with Crippen molar-refractivity contribution in [1.82, 2.24) is 14.7 Å². The predicted molar refractivity (Wildman–Crippen MR) is 104 cm³/mol. The lowest BCUT2D eigenvalue weighted by molar-refractivity contribution is 0.415. The van der Waals surface area contributed by atoms with Crippen LogP contribution < -0.4 is 9.46 Å². The summed E-state index contributed by atoms with van der Waals surface area (Å²) in [5.74, 6) is 1.58. The first-order valence-corrected chi connectivity index (χ1v) is 10.2. The molecule has 0 spiro atoms. The first-order chi connectivity index (χ1) is 12.2. The third-order valence-corrected chi connectivity index (χ3v) is 5.07. The van der Waals surface area contributed by atoms with E-state index in [2.05, 4.69) is 14.7 Å². The number of methoxy groups -OCH3 is 1.